The van der Waals surface area contributed by atoms with Gasteiger partial charge < -0.3 is 9.47 Å². The molecule has 1 heterocycles. The third-order valence-electron chi connectivity index (χ3n) is 3.96. The van der Waals surface area contributed by atoms with E-state index in [0.29, 0.717) is 38.3 Å². The van der Waals surface area contributed by atoms with Gasteiger partial charge in [0.1, 0.15) is 17.5 Å². The Kier molecular flexibility index (Phi) is 6.63. The van der Waals surface area contributed by atoms with Crippen LogP contribution in [0.5, 0.6) is 11.5 Å². The van der Waals surface area contributed by atoms with Gasteiger partial charge in [-0.05, 0) is 47.1 Å². The quantitative estimate of drug-likeness (QED) is 0.346. The molecule has 0 aliphatic rings. The van der Waals surface area contributed by atoms with Crippen molar-refractivity contribution in [2.24, 2.45) is 5.10 Å². The maximum Gasteiger partial charge on any atom is 0.282 e. The Hall–Kier alpha value is -2.34. The van der Waals surface area contributed by atoms with Crippen molar-refractivity contribution in [1.29, 1.82) is 0 Å². The molecule has 0 spiro atoms. The van der Waals surface area contributed by atoms with Gasteiger partial charge in [0.15, 0.2) is 11.5 Å². The van der Waals surface area contributed by atoms with Gasteiger partial charge in [0.2, 0.25) is 0 Å². The highest BCUT2D eigenvalue weighted by Gasteiger charge is 2.17. The molecule has 0 atom stereocenters. The molecule has 0 unspecified atom stereocenters. The zero-order valence-corrected chi connectivity index (χ0v) is 19.3. The Morgan fingerprint density at radius 3 is 2.83 bits per heavy atom. The summed E-state index contributed by atoms with van der Waals surface area (Å²) < 4.78 is 13.3. The highest BCUT2D eigenvalue weighted by atomic mass is 79.9. The third-order valence-corrected chi connectivity index (χ3v) is 5.89. The molecule has 0 radical (unpaired) electrons. The second kappa shape index (κ2) is 8.99. The lowest BCUT2D eigenvalue weighted by Crippen LogP contribution is -2.20. The summed E-state index contributed by atoms with van der Waals surface area (Å²) in [5.74, 6) is 3.54. The molecule has 0 bridgehead atoms. The molecule has 0 aliphatic heterocycles. The van der Waals surface area contributed by atoms with Crippen LogP contribution in [0.1, 0.15) is 11.4 Å². The van der Waals surface area contributed by atoms with Crippen LogP contribution in [-0.2, 0) is 0 Å². The molecule has 0 saturated carbocycles. The van der Waals surface area contributed by atoms with Crippen LogP contribution in [0.2, 0.25) is 5.02 Å². The first-order valence-electron chi connectivity index (χ1n) is 8.23. The summed E-state index contributed by atoms with van der Waals surface area (Å²) in [6.07, 6.45) is 6.73. The minimum absolute atomic E-state index is 0.0445. The van der Waals surface area contributed by atoms with Crippen molar-refractivity contribution in [2.75, 3.05) is 13.7 Å². The fraction of sp³-hybridized carbons (Fsp3) is 0.150. The summed E-state index contributed by atoms with van der Waals surface area (Å²) in [5, 5.41) is 5.05. The molecule has 0 amide bonds. The number of fused-ring (bicyclic) bond motifs is 1. The van der Waals surface area contributed by atoms with Crippen molar-refractivity contribution in [1.82, 2.24) is 9.66 Å². The van der Waals surface area contributed by atoms with Gasteiger partial charge in [-0.15, -0.1) is 6.42 Å². The lowest BCUT2D eigenvalue weighted by Gasteiger charge is -2.13. The van der Waals surface area contributed by atoms with Crippen LogP contribution in [0.25, 0.3) is 10.9 Å². The Morgan fingerprint density at radius 2 is 2.14 bits per heavy atom. The zero-order chi connectivity index (χ0) is 21.1. The SMILES string of the molecule is C#CCOc1c(OC)cc(C=Nn2c(C)nc3ccc(Br)cc3c2=O)c(Br)c1Cl. The minimum Gasteiger partial charge on any atom is -0.493 e. The van der Waals surface area contributed by atoms with Crippen molar-refractivity contribution in [3.63, 3.8) is 0 Å². The fourth-order valence-corrected chi connectivity index (χ4v) is 3.63. The number of aromatic nitrogens is 2. The van der Waals surface area contributed by atoms with Crippen LogP contribution in [0.15, 0.2) is 43.1 Å². The van der Waals surface area contributed by atoms with Crippen LogP contribution in [0.3, 0.4) is 0 Å². The number of methoxy groups -OCH3 is 1. The van der Waals surface area contributed by atoms with E-state index >= 15 is 0 Å². The Morgan fingerprint density at radius 1 is 1.38 bits per heavy atom. The smallest absolute Gasteiger partial charge is 0.282 e. The lowest BCUT2D eigenvalue weighted by molar-refractivity contribution is 0.331. The van der Waals surface area contributed by atoms with Gasteiger partial charge in [-0.3, -0.25) is 4.79 Å². The van der Waals surface area contributed by atoms with Gasteiger partial charge in [0, 0.05) is 14.5 Å². The lowest BCUT2D eigenvalue weighted by atomic mass is 10.2. The second-order valence-corrected chi connectivity index (χ2v) is 7.89. The number of terminal acetylenes is 1. The summed E-state index contributed by atoms with van der Waals surface area (Å²) in [4.78, 5) is 17.3. The predicted octanol–water partition coefficient (Wildman–Crippen LogP) is 4.79. The van der Waals surface area contributed by atoms with E-state index in [1.165, 1.54) is 18.0 Å². The molecule has 9 heteroatoms. The van der Waals surface area contributed by atoms with E-state index in [1.807, 2.05) is 6.07 Å². The monoisotopic (exact) mass is 537 g/mol. The van der Waals surface area contributed by atoms with Crippen LogP contribution >= 0.6 is 43.5 Å². The van der Waals surface area contributed by atoms with Gasteiger partial charge in [-0.2, -0.15) is 9.78 Å². The van der Waals surface area contributed by atoms with Crippen molar-refractivity contribution < 1.29 is 9.47 Å². The second-order valence-electron chi connectivity index (χ2n) is 5.80. The van der Waals surface area contributed by atoms with E-state index in [4.69, 9.17) is 27.5 Å². The molecule has 2 aromatic carbocycles. The molecule has 148 valence electrons. The molecule has 6 nitrogen and oxygen atoms in total. The van der Waals surface area contributed by atoms with E-state index in [-0.39, 0.29) is 17.2 Å². The molecule has 0 aliphatic carbocycles. The van der Waals surface area contributed by atoms with E-state index in [1.54, 1.807) is 25.1 Å². The standard InChI is InChI=1S/C20H14Br2ClN3O3/c1-4-7-29-19-16(28-3)8-12(17(22)18(19)23)10-24-26-11(2)25-15-6-5-13(21)9-14(15)20(26)27/h1,5-6,8-10H,7H2,2-3H3. The zero-order valence-electron chi connectivity index (χ0n) is 15.4. The number of hydrogen-bond acceptors (Lipinski definition) is 5. The summed E-state index contributed by atoms with van der Waals surface area (Å²) in [7, 11) is 1.49. The Bertz CT molecular complexity index is 1230. The van der Waals surface area contributed by atoms with E-state index < -0.39 is 0 Å². The highest BCUT2D eigenvalue weighted by Crippen LogP contribution is 2.42. The van der Waals surface area contributed by atoms with Gasteiger partial charge in [0.25, 0.3) is 5.56 Å². The van der Waals surface area contributed by atoms with Crippen LogP contribution in [0, 0.1) is 19.3 Å². The number of rotatable bonds is 5. The Balaban J connectivity index is 2.10. The van der Waals surface area contributed by atoms with E-state index in [0.717, 1.165) is 4.47 Å². The molecule has 3 rings (SSSR count). The maximum atomic E-state index is 12.9. The molecule has 1 aromatic heterocycles. The molecule has 3 aromatic rings. The number of halogens is 3. The first kappa shape index (κ1) is 21.4. The third kappa shape index (κ3) is 4.32. The number of ether oxygens (including phenoxy) is 2. The summed E-state index contributed by atoms with van der Waals surface area (Å²) >= 11 is 13.2. The van der Waals surface area contributed by atoms with Crippen molar-refractivity contribution in [2.45, 2.75) is 6.92 Å². The predicted molar refractivity (Wildman–Crippen MR) is 121 cm³/mol. The molecule has 29 heavy (non-hydrogen) atoms. The van der Waals surface area contributed by atoms with E-state index in [2.05, 4.69) is 47.9 Å². The van der Waals surface area contributed by atoms with Gasteiger partial charge >= 0.3 is 0 Å². The minimum atomic E-state index is -0.284. The molecular formula is C20H14Br2ClN3O3. The van der Waals surface area contributed by atoms with Gasteiger partial charge in [-0.1, -0.05) is 33.5 Å². The van der Waals surface area contributed by atoms with Crippen LogP contribution in [-0.4, -0.2) is 29.6 Å². The maximum absolute atomic E-state index is 12.9. The first-order chi connectivity index (χ1) is 13.9. The van der Waals surface area contributed by atoms with Crippen LogP contribution in [0.4, 0.5) is 0 Å². The van der Waals surface area contributed by atoms with Gasteiger partial charge in [0.05, 0.1) is 24.2 Å². The number of hydrogen-bond donors (Lipinski definition) is 0. The normalized spacial score (nSPS) is 11.0. The highest BCUT2D eigenvalue weighted by molar-refractivity contribution is 9.10. The van der Waals surface area contributed by atoms with Crippen molar-refractivity contribution in [3.05, 3.63) is 60.0 Å². The van der Waals surface area contributed by atoms with E-state index in [9.17, 15) is 4.79 Å². The summed E-state index contributed by atoms with van der Waals surface area (Å²) in [6.45, 7) is 1.75. The van der Waals surface area contributed by atoms with Gasteiger partial charge in [-0.25, -0.2) is 4.98 Å². The molecule has 0 saturated heterocycles. The first-order valence-corrected chi connectivity index (χ1v) is 10.2. The topological polar surface area (TPSA) is 65.7 Å². The molecule has 0 N–H and O–H groups in total. The Labute approximate surface area is 188 Å². The number of nitrogens with zero attached hydrogens (tertiary/aromatic N) is 3. The average Bonchev–Trinajstić information content (AvgIpc) is 2.70. The number of aryl methyl sites for hydroxylation is 1. The van der Waals surface area contributed by atoms with Crippen molar-refractivity contribution in [3.8, 4) is 23.8 Å². The van der Waals surface area contributed by atoms with Crippen molar-refractivity contribution >= 4 is 60.6 Å². The largest absolute Gasteiger partial charge is 0.493 e. The molecule has 0 fully saturated rings. The summed E-state index contributed by atoms with van der Waals surface area (Å²) in [5.41, 5.74) is 0.900. The average molecular weight is 540 g/mol. The fourth-order valence-electron chi connectivity index (χ4n) is 2.61. The molecular weight excluding hydrogens is 525 g/mol. The number of benzene rings is 2. The summed E-state index contributed by atoms with van der Waals surface area (Å²) in [6, 6.07) is 7.00. The van der Waals surface area contributed by atoms with Crippen LogP contribution < -0.4 is 15.0 Å².